The Kier molecular flexibility index (Phi) is 10.5. The normalized spacial score (nSPS) is 11.3. The van der Waals surface area contributed by atoms with Crippen molar-refractivity contribution in [2.24, 2.45) is 14.1 Å². The Morgan fingerprint density at radius 1 is 0.303 bits per heavy atom. The third-order valence-corrected chi connectivity index (χ3v) is 12.4. The number of halogens is 2. The number of hydrogen-bond acceptors (Lipinski definition) is 4. The third kappa shape index (κ3) is 6.48. The largest absolute Gasteiger partial charge is 0.343 e. The molecule has 0 aliphatic rings. The van der Waals surface area contributed by atoms with Gasteiger partial charge >= 0.3 is 0 Å². The van der Waals surface area contributed by atoms with Gasteiger partial charge in [-0.05, 0) is 109 Å². The summed E-state index contributed by atoms with van der Waals surface area (Å²) < 4.78 is 35.0. The summed E-state index contributed by atoms with van der Waals surface area (Å²) in [5, 5.41) is 4.05. The Bertz CT molecular complexity index is 3940. The van der Waals surface area contributed by atoms with Gasteiger partial charge in [0.2, 0.25) is 0 Å². The van der Waals surface area contributed by atoms with E-state index < -0.39 is 11.6 Å². The van der Waals surface area contributed by atoms with Crippen LogP contribution in [-0.4, -0.2) is 18.3 Å². The van der Waals surface area contributed by atoms with E-state index in [0.717, 1.165) is 22.4 Å². The van der Waals surface area contributed by atoms with Crippen molar-refractivity contribution in [2.45, 2.75) is 14.9 Å². The zero-order valence-electron chi connectivity index (χ0n) is 34.3. The van der Waals surface area contributed by atoms with E-state index in [1.165, 1.54) is 36.4 Å². The van der Waals surface area contributed by atoms with Gasteiger partial charge in [0.25, 0.3) is 0 Å². The molecule has 0 aliphatic heterocycles. The minimum atomic E-state index is -0.438. The van der Waals surface area contributed by atoms with Gasteiger partial charge in [-0.25, -0.2) is 8.78 Å². The summed E-state index contributed by atoms with van der Waals surface area (Å²) in [6.07, 6.45) is 0. The van der Waals surface area contributed by atoms with Crippen LogP contribution >= 0.6 is 0 Å². The van der Waals surface area contributed by atoms with E-state index in [4.69, 9.17) is 0 Å². The minimum Gasteiger partial charge on any atom is -0.343 e. The summed E-state index contributed by atoms with van der Waals surface area (Å²) in [5.74, 6) is -0.877. The maximum Gasteiger partial charge on any atom is 0.197 e. The van der Waals surface area contributed by atoms with E-state index in [1.54, 1.807) is 35.4 Å². The Balaban J connectivity index is 0.000000166. The molecule has 66 heavy (non-hydrogen) atoms. The average Bonchev–Trinajstić information content (AvgIpc) is 3.33. The molecule has 0 bridgehead atoms. The van der Waals surface area contributed by atoms with Gasteiger partial charge in [-0.1, -0.05) is 75.5 Å². The Morgan fingerprint density at radius 2 is 0.591 bits per heavy atom. The summed E-state index contributed by atoms with van der Waals surface area (Å²) in [6.45, 7) is 0. The molecule has 0 aliphatic carbocycles. The SMILES string of the molecule is C.C.Cn1c2cc(F)ccc2c(=O)c2cc3c(cc21)c(=O)c1ccc(F)cc1n3C.O=c1c2ccccc2n(-c2ccccc2)c2cc3c(=O)c4ccccc4n(-c4ccccc4)c3cc12. The molecule has 324 valence electrons. The van der Waals surface area contributed by atoms with E-state index >= 15 is 0 Å². The molecule has 0 fully saturated rings. The second-order valence-electron chi connectivity index (χ2n) is 15.9. The molecule has 0 N–H and O–H groups in total. The molecular formula is C56H42F2N4O4. The maximum atomic E-state index is 13.8. The molecule has 4 heterocycles. The van der Waals surface area contributed by atoms with Gasteiger partial charge in [-0.3, -0.25) is 19.2 Å². The molecule has 8 aromatic carbocycles. The molecular weight excluding hydrogens is 831 g/mol. The van der Waals surface area contributed by atoms with Crippen LogP contribution < -0.4 is 21.7 Å². The van der Waals surface area contributed by atoms with Crippen molar-refractivity contribution in [3.05, 3.63) is 222 Å². The zero-order chi connectivity index (χ0) is 44.0. The van der Waals surface area contributed by atoms with E-state index in [0.29, 0.717) is 76.2 Å². The zero-order valence-corrected chi connectivity index (χ0v) is 34.3. The molecule has 0 atom stereocenters. The fourth-order valence-electron chi connectivity index (χ4n) is 9.29. The first-order chi connectivity index (χ1) is 31.1. The van der Waals surface area contributed by atoms with Crippen LogP contribution in [-0.2, 0) is 14.1 Å². The molecule has 0 unspecified atom stereocenters. The fourth-order valence-corrected chi connectivity index (χ4v) is 9.29. The van der Waals surface area contributed by atoms with Crippen molar-refractivity contribution in [3.8, 4) is 11.4 Å². The van der Waals surface area contributed by atoms with Crippen molar-refractivity contribution in [1.29, 1.82) is 0 Å². The maximum absolute atomic E-state index is 13.8. The Hall–Kier alpha value is -8.50. The number of fused-ring (bicyclic) bond motifs is 8. The van der Waals surface area contributed by atoms with Crippen molar-refractivity contribution < 1.29 is 8.78 Å². The summed E-state index contributed by atoms with van der Waals surface area (Å²) >= 11 is 0. The highest BCUT2D eigenvalue weighted by Crippen LogP contribution is 2.31. The molecule has 0 amide bonds. The number of hydrogen-bond donors (Lipinski definition) is 0. The number of aryl methyl sites for hydroxylation is 2. The lowest BCUT2D eigenvalue weighted by Gasteiger charge is -2.19. The van der Waals surface area contributed by atoms with E-state index in [-0.39, 0.29) is 36.6 Å². The number of rotatable bonds is 2. The van der Waals surface area contributed by atoms with Crippen molar-refractivity contribution in [3.63, 3.8) is 0 Å². The van der Waals surface area contributed by atoms with Gasteiger partial charge in [0.1, 0.15) is 11.6 Å². The highest BCUT2D eigenvalue weighted by molar-refractivity contribution is 6.06. The predicted molar refractivity (Wildman–Crippen MR) is 268 cm³/mol. The number of pyridine rings is 4. The lowest BCUT2D eigenvalue weighted by Crippen LogP contribution is -2.14. The minimum absolute atomic E-state index is 0. The molecule has 0 spiro atoms. The lowest BCUT2D eigenvalue weighted by atomic mass is 10.0. The molecule has 0 saturated heterocycles. The van der Waals surface area contributed by atoms with Crippen LogP contribution in [0.5, 0.6) is 0 Å². The summed E-state index contributed by atoms with van der Waals surface area (Å²) in [6, 6.07) is 50.3. The highest BCUT2D eigenvalue weighted by Gasteiger charge is 2.19. The smallest absolute Gasteiger partial charge is 0.197 e. The second kappa shape index (κ2) is 16.2. The second-order valence-corrected chi connectivity index (χ2v) is 15.9. The lowest BCUT2D eigenvalue weighted by molar-refractivity contribution is 0.628. The van der Waals surface area contributed by atoms with Gasteiger partial charge in [0.15, 0.2) is 21.7 Å². The first-order valence-corrected chi connectivity index (χ1v) is 20.6. The average molecular weight is 873 g/mol. The van der Waals surface area contributed by atoms with Gasteiger partial charge in [-0.15, -0.1) is 0 Å². The van der Waals surface area contributed by atoms with Crippen LogP contribution in [0.4, 0.5) is 8.78 Å². The van der Waals surface area contributed by atoms with Crippen LogP contribution in [0.1, 0.15) is 14.9 Å². The van der Waals surface area contributed by atoms with Crippen LogP contribution in [0, 0.1) is 11.6 Å². The van der Waals surface area contributed by atoms with Crippen molar-refractivity contribution in [2.75, 3.05) is 0 Å². The monoisotopic (exact) mass is 872 g/mol. The highest BCUT2D eigenvalue weighted by atomic mass is 19.1. The molecule has 8 nitrogen and oxygen atoms in total. The Morgan fingerprint density at radius 3 is 0.970 bits per heavy atom. The summed E-state index contributed by atoms with van der Waals surface area (Å²) in [4.78, 5) is 53.7. The molecule has 0 radical (unpaired) electrons. The number of para-hydroxylation sites is 4. The van der Waals surface area contributed by atoms with Crippen molar-refractivity contribution in [1.82, 2.24) is 18.3 Å². The third-order valence-electron chi connectivity index (χ3n) is 12.4. The van der Waals surface area contributed by atoms with Crippen LogP contribution in [0.3, 0.4) is 0 Å². The Labute approximate surface area is 375 Å². The van der Waals surface area contributed by atoms with Crippen LogP contribution in [0.2, 0.25) is 0 Å². The van der Waals surface area contributed by atoms with Crippen LogP contribution in [0.25, 0.3) is 98.6 Å². The summed E-state index contributed by atoms with van der Waals surface area (Å²) in [5.41, 5.74) is 6.32. The topological polar surface area (TPSA) is 88.0 Å². The first-order valence-electron chi connectivity index (χ1n) is 20.6. The van der Waals surface area contributed by atoms with E-state index in [2.05, 4.69) is 9.13 Å². The van der Waals surface area contributed by atoms with Crippen molar-refractivity contribution >= 4 is 87.2 Å². The quantitative estimate of drug-likeness (QED) is 0.162. The van der Waals surface area contributed by atoms with Gasteiger partial charge in [0, 0.05) is 68.6 Å². The van der Waals surface area contributed by atoms with Gasteiger partial charge < -0.3 is 18.3 Å². The molecule has 4 aromatic heterocycles. The fraction of sp³-hybridized carbons (Fsp3) is 0.0714. The molecule has 12 aromatic rings. The standard InChI is InChI=1S/C32H20N2O2.C22H14F2N2O2.2CH4/c35-31-23-15-7-9-17-27(23)33(21-11-3-1-4-12-21)29-19-26-30(20-25(29)31)34(22-13-5-2-6-14-22)28-18-10-8-16-24(28)32(26)36;1-25-17-7-11(23)3-5-13(17)21(27)15-10-20-16(9-19(15)25)22(28)14-6-4-12(24)8-18(14)26(20)2;;/h1-20H;3-10H,1-2H3;2*1H4. The number of nitrogens with zero attached hydrogens (tertiary/aromatic N) is 4. The molecule has 12 rings (SSSR count). The summed E-state index contributed by atoms with van der Waals surface area (Å²) in [7, 11) is 3.46. The van der Waals surface area contributed by atoms with Crippen LogP contribution in [0.15, 0.2) is 189 Å². The van der Waals surface area contributed by atoms with E-state index in [1.807, 2.05) is 121 Å². The predicted octanol–water partition coefficient (Wildman–Crippen LogP) is 11.8. The van der Waals surface area contributed by atoms with Gasteiger partial charge in [-0.2, -0.15) is 0 Å². The molecule has 0 saturated carbocycles. The van der Waals surface area contributed by atoms with E-state index in [9.17, 15) is 28.0 Å². The number of aromatic nitrogens is 4. The number of benzene rings is 8. The first kappa shape index (κ1) is 42.8. The van der Waals surface area contributed by atoms with Gasteiger partial charge in [0.05, 0.1) is 44.1 Å². The molecule has 10 heteroatoms.